The van der Waals surface area contributed by atoms with E-state index in [1.54, 1.807) is 29.0 Å². The SMILES string of the molecule is CCc1cc2oc(=O)cc(COC(=O)c3ccsc3)c2cc1Cl. The van der Waals surface area contributed by atoms with Gasteiger partial charge in [-0.2, -0.15) is 11.3 Å². The molecule has 23 heavy (non-hydrogen) atoms. The first-order valence-electron chi connectivity index (χ1n) is 7.03. The van der Waals surface area contributed by atoms with Gasteiger partial charge in [0, 0.05) is 27.4 Å². The first-order valence-corrected chi connectivity index (χ1v) is 8.35. The Morgan fingerprint density at radius 1 is 1.30 bits per heavy atom. The van der Waals surface area contributed by atoms with Crippen LogP contribution in [0.5, 0.6) is 0 Å². The van der Waals surface area contributed by atoms with Gasteiger partial charge in [-0.25, -0.2) is 9.59 Å². The highest BCUT2D eigenvalue weighted by Crippen LogP contribution is 2.26. The molecule has 0 saturated heterocycles. The minimum Gasteiger partial charge on any atom is -0.457 e. The monoisotopic (exact) mass is 348 g/mol. The van der Waals surface area contributed by atoms with Crippen LogP contribution in [0.1, 0.15) is 28.4 Å². The van der Waals surface area contributed by atoms with Gasteiger partial charge in [0.15, 0.2) is 0 Å². The quantitative estimate of drug-likeness (QED) is 0.517. The zero-order chi connectivity index (χ0) is 16.4. The minimum atomic E-state index is -0.483. The summed E-state index contributed by atoms with van der Waals surface area (Å²) in [5, 5.41) is 4.78. The largest absolute Gasteiger partial charge is 0.457 e. The third-order valence-electron chi connectivity index (χ3n) is 3.49. The van der Waals surface area contributed by atoms with Crippen LogP contribution < -0.4 is 5.63 Å². The average Bonchev–Trinajstić information content (AvgIpc) is 3.06. The lowest BCUT2D eigenvalue weighted by atomic mass is 10.1. The lowest BCUT2D eigenvalue weighted by molar-refractivity contribution is 0.0474. The maximum Gasteiger partial charge on any atom is 0.339 e. The summed E-state index contributed by atoms with van der Waals surface area (Å²) < 4.78 is 10.5. The van der Waals surface area contributed by atoms with Crippen LogP contribution in [-0.4, -0.2) is 5.97 Å². The number of rotatable bonds is 4. The molecule has 2 aromatic heterocycles. The van der Waals surface area contributed by atoms with Crippen molar-refractivity contribution < 1.29 is 13.9 Å². The zero-order valence-electron chi connectivity index (χ0n) is 12.3. The van der Waals surface area contributed by atoms with Crippen molar-refractivity contribution in [2.24, 2.45) is 0 Å². The molecule has 0 unspecified atom stereocenters. The molecule has 0 bridgehead atoms. The van der Waals surface area contributed by atoms with Crippen molar-refractivity contribution in [3.63, 3.8) is 0 Å². The number of ether oxygens (including phenoxy) is 1. The summed E-state index contributed by atoms with van der Waals surface area (Å²) in [5.41, 5.74) is 1.93. The second-order valence-corrected chi connectivity index (χ2v) is 6.16. The molecule has 0 aliphatic heterocycles. The first-order chi connectivity index (χ1) is 11.1. The second kappa shape index (κ2) is 6.56. The Bertz CT molecular complexity index is 912. The molecule has 0 aliphatic carbocycles. The van der Waals surface area contributed by atoms with Crippen LogP contribution in [-0.2, 0) is 17.8 Å². The van der Waals surface area contributed by atoms with Gasteiger partial charge in [-0.3, -0.25) is 0 Å². The molecule has 0 fully saturated rings. The van der Waals surface area contributed by atoms with Gasteiger partial charge in [-0.05, 0) is 35.6 Å². The van der Waals surface area contributed by atoms with Crippen LogP contribution in [0.25, 0.3) is 11.0 Å². The molecule has 0 aliphatic rings. The Kier molecular flexibility index (Phi) is 4.50. The topological polar surface area (TPSA) is 56.5 Å². The third-order valence-corrected chi connectivity index (χ3v) is 4.53. The van der Waals surface area contributed by atoms with E-state index in [2.05, 4.69) is 0 Å². The van der Waals surface area contributed by atoms with Gasteiger partial charge in [0.05, 0.1) is 5.56 Å². The van der Waals surface area contributed by atoms with Gasteiger partial charge >= 0.3 is 11.6 Å². The molecule has 0 spiro atoms. The van der Waals surface area contributed by atoms with E-state index in [1.165, 1.54) is 17.4 Å². The molecular weight excluding hydrogens is 336 g/mol. The molecule has 0 saturated carbocycles. The van der Waals surface area contributed by atoms with E-state index in [-0.39, 0.29) is 6.61 Å². The summed E-state index contributed by atoms with van der Waals surface area (Å²) in [5.74, 6) is -0.427. The van der Waals surface area contributed by atoms with Crippen molar-refractivity contribution in [3.05, 3.63) is 67.2 Å². The van der Waals surface area contributed by atoms with Crippen molar-refractivity contribution in [3.8, 4) is 0 Å². The summed E-state index contributed by atoms with van der Waals surface area (Å²) in [6.45, 7) is 1.95. The predicted octanol–water partition coefficient (Wildman–Crippen LogP) is 4.43. The van der Waals surface area contributed by atoms with Gasteiger partial charge in [0.25, 0.3) is 0 Å². The molecule has 118 valence electrons. The highest BCUT2D eigenvalue weighted by atomic mass is 35.5. The molecule has 6 heteroatoms. The fraction of sp³-hybridized carbons (Fsp3) is 0.176. The van der Waals surface area contributed by atoms with Crippen molar-refractivity contribution in [2.75, 3.05) is 0 Å². The smallest absolute Gasteiger partial charge is 0.339 e. The van der Waals surface area contributed by atoms with E-state index in [4.69, 9.17) is 20.8 Å². The highest BCUT2D eigenvalue weighted by molar-refractivity contribution is 7.08. The standard InChI is InChI=1S/C17H13ClO4S/c1-2-10-5-15-13(7-14(10)18)12(6-16(19)22-15)8-21-17(20)11-3-4-23-9-11/h3-7,9H,2,8H2,1H3. The number of benzene rings is 1. The van der Waals surface area contributed by atoms with Crippen LogP contribution >= 0.6 is 22.9 Å². The molecule has 4 nitrogen and oxygen atoms in total. The minimum absolute atomic E-state index is 0.0153. The molecular formula is C17H13ClO4S. The Labute approximate surface area is 141 Å². The van der Waals surface area contributed by atoms with E-state index in [0.29, 0.717) is 27.1 Å². The molecule has 1 aromatic carbocycles. The van der Waals surface area contributed by atoms with Crippen LogP contribution in [0, 0.1) is 0 Å². The van der Waals surface area contributed by atoms with E-state index < -0.39 is 11.6 Å². The predicted molar refractivity (Wildman–Crippen MR) is 90.3 cm³/mol. The number of carbonyl (C=O) groups is 1. The second-order valence-electron chi connectivity index (χ2n) is 4.97. The maximum atomic E-state index is 11.9. The van der Waals surface area contributed by atoms with Crippen LogP contribution in [0.4, 0.5) is 0 Å². The first kappa shape index (κ1) is 15.8. The fourth-order valence-electron chi connectivity index (χ4n) is 2.29. The normalized spacial score (nSPS) is 10.9. The van der Waals surface area contributed by atoms with E-state index in [0.717, 1.165) is 12.0 Å². The van der Waals surface area contributed by atoms with E-state index in [1.807, 2.05) is 6.92 Å². The number of aryl methyl sites for hydroxylation is 1. The highest BCUT2D eigenvalue weighted by Gasteiger charge is 2.12. The lowest BCUT2D eigenvalue weighted by Crippen LogP contribution is -2.07. The Morgan fingerprint density at radius 2 is 2.13 bits per heavy atom. The van der Waals surface area contributed by atoms with Gasteiger partial charge in [0.2, 0.25) is 0 Å². The fourth-order valence-corrected chi connectivity index (χ4v) is 3.21. The summed E-state index contributed by atoms with van der Waals surface area (Å²) >= 11 is 7.65. The Balaban J connectivity index is 1.95. The third kappa shape index (κ3) is 3.30. The van der Waals surface area contributed by atoms with Crippen molar-refractivity contribution in [1.29, 1.82) is 0 Å². The molecule has 0 amide bonds. The molecule has 3 aromatic rings. The Hall–Kier alpha value is -2.11. The van der Waals surface area contributed by atoms with Crippen LogP contribution in [0.2, 0.25) is 5.02 Å². The summed E-state index contributed by atoms with van der Waals surface area (Å²) in [7, 11) is 0. The van der Waals surface area contributed by atoms with E-state index in [9.17, 15) is 9.59 Å². The molecule has 2 heterocycles. The molecule has 0 atom stereocenters. The Morgan fingerprint density at radius 3 is 2.83 bits per heavy atom. The molecule has 0 N–H and O–H groups in total. The number of carbonyl (C=O) groups excluding carboxylic acids is 1. The number of halogens is 1. The van der Waals surface area contributed by atoms with E-state index >= 15 is 0 Å². The average molecular weight is 349 g/mol. The maximum absolute atomic E-state index is 11.9. The van der Waals surface area contributed by atoms with Crippen molar-refractivity contribution >= 4 is 39.9 Å². The molecule has 0 radical (unpaired) electrons. The zero-order valence-corrected chi connectivity index (χ0v) is 13.9. The summed E-state index contributed by atoms with van der Waals surface area (Å²) in [6.07, 6.45) is 0.732. The number of hydrogen-bond donors (Lipinski definition) is 0. The lowest BCUT2D eigenvalue weighted by Gasteiger charge is -2.09. The van der Waals surface area contributed by atoms with Gasteiger partial charge < -0.3 is 9.15 Å². The number of thiophene rings is 1. The molecule has 3 rings (SSSR count). The van der Waals surface area contributed by atoms with Gasteiger partial charge in [-0.1, -0.05) is 18.5 Å². The summed E-state index contributed by atoms with van der Waals surface area (Å²) in [6, 6.07) is 6.51. The number of esters is 1. The summed E-state index contributed by atoms with van der Waals surface area (Å²) in [4.78, 5) is 23.6. The van der Waals surface area contributed by atoms with Gasteiger partial charge in [-0.15, -0.1) is 0 Å². The number of hydrogen-bond acceptors (Lipinski definition) is 5. The van der Waals surface area contributed by atoms with Crippen molar-refractivity contribution in [1.82, 2.24) is 0 Å². The number of fused-ring (bicyclic) bond motifs is 1. The van der Waals surface area contributed by atoms with Crippen molar-refractivity contribution in [2.45, 2.75) is 20.0 Å². The van der Waals surface area contributed by atoms with Crippen LogP contribution in [0.15, 0.2) is 44.2 Å². The van der Waals surface area contributed by atoms with Crippen LogP contribution in [0.3, 0.4) is 0 Å². The van der Waals surface area contributed by atoms with Gasteiger partial charge in [0.1, 0.15) is 12.2 Å².